The van der Waals surface area contributed by atoms with Crippen LogP contribution in [-0.4, -0.2) is 60.7 Å². The summed E-state index contributed by atoms with van der Waals surface area (Å²) < 4.78 is 0. The standard InChI is InChI=1S/C16H27N3O3/c1-2-7-17-15(21)13-3-5-14(6-4-13)16(22)19-10-8-18(12-20)9-11-19/h12-14H,2-11H2,1H3,(H,17,21). The molecule has 2 aliphatic rings. The molecule has 0 aromatic carbocycles. The molecular formula is C16H27N3O3. The second kappa shape index (κ2) is 8.15. The van der Waals surface area contributed by atoms with E-state index in [4.69, 9.17) is 0 Å². The van der Waals surface area contributed by atoms with Crippen molar-refractivity contribution in [1.82, 2.24) is 15.1 Å². The van der Waals surface area contributed by atoms with Crippen molar-refractivity contribution in [3.8, 4) is 0 Å². The number of amides is 3. The molecule has 6 heteroatoms. The smallest absolute Gasteiger partial charge is 0.225 e. The van der Waals surface area contributed by atoms with Gasteiger partial charge in [0.05, 0.1) is 0 Å². The van der Waals surface area contributed by atoms with Crippen molar-refractivity contribution >= 4 is 18.2 Å². The topological polar surface area (TPSA) is 69.7 Å². The van der Waals surface area contributed by atoms with Crippen LogP contribution in [0.3, 0.4) is 0 Å². The van der Waals surface area contributed by atoms with Crippen molar-refractivity contribution in [2.24, 2.45) is 11.8 Å². The molecule has 1 N–H and O–H groups in total. The maximum atomic E-state index is 12.5. The van der Waals surface area contributed by atoms with E-state index in [9.17, 15) is 14.4 Å². The van der Waals surface area contributed by atoms with Crippen LogP contribution in [0.1, 0.15) is 39.0 Å². The number of nitrogens with one attached hydrogen (secondary N) is 1. The van der Waals surface area contributed by atoms with E-state index < -0.39 is 0 Å². The van der Waals surface area contributed by atoms with E-state index in [2.05, 4.69) is 5.32 Å². The van der Waals surface area contributed by atoms with Crippen molar-refractivity contribution in [1.29, 1.82) is 0 Å². The predicted octanol–water partition coefficient (Wildman–Crippen LogP) is 0.620. The van der Waals surface area contributed by atoms with Crippen LogP contribution >= 0.6 is 0 Å². The second-order valence-corrected chi connectivity index (χ2v) is 6.31. The highest BCUT2D eigenvalue weighted by atomic mass is 16.2. The summed E-state index contributed by atoms with van der Waals surface area (Å²) in [5, 5.41) is 2.95. The lowest BCUT2D eigenvalue weighted by atomic mass is 9.81. The molecule has 0 bridgehead atoms. The zero-order valence-corrected chi connectivity index (χ0v) is 13.4. The zero-order chi connectivity index (χ0) is 15.9. The molecule has 124 valence electrons. The summed E-state index contributed by atoms with van der Waals surface area (Å²) in [6.45, 7) is 5.30. The summed E-state index contributed by atoms with van der Waals surface area (Å²) in [5.74, 6) is 0.478. The van der Waals surface area contributed by atoms with Gasteiger partial charge in [-0.15, -0.1) is 0 Å². The van der Waals surface area contributed by atoms with Crippen LogP contribution in [-0.2, 0) is 14.4 Å². The van der Waals surface area contributed by atoms with Gasteiger partial charge >= 0.3 is 0 Å². The average Bonchev–Trinajstić information content (AvgIpc) is 2.59. The highest BCUT2D eigenvalue weighted by Gasteiger charge is 2.32. The van der Waals surface area contributed by atoms with Crippen molar-refractivity contribution in [3.05, 3.63) is 0 Å². The van der Waals surface area contributed by atoms with E-state index >= 15 is 0 Å². The first-order valence-corrected chi connectivity index (χ1v) is 8.41. The van der Waals surface area contributed by atoms with Crippen LogP contribution in [0, 0.1) is 11.8 Å². The molecule has 0 unspecified atom stereocenters. The highest BCUT2D eigenvalue weighted by Crippen LogP contribution is 2.30. The van der Waals surface area contributed by atoms with Crippen molar-refractivity contribution in [3.63, 3.8) is 0 Å². The Hall–Kier alpha value is -1.59. The van der Waals surface area contributed by atoms with Gasteiger partial charge in [0.1, 0.15) is 0 Å². The monoisotopic (exact) mass is 309 g/mol. The minimum absolute atomic E-state index is 0.0537. The minimum Gasteiger partial charge on any atom is -0.356 e. The van der Waals surface area contributed by atoms with Gasteiger partial charge in [0.15, 0.2) is 0 Å². The third kappa shape index (κ3) is 4.21. The summed E-state index contributed by atoms with van der Waals surface area (Å²) in [6.07, 6.45) is 5.02. The molecule has 0 aromatic heterocycles. The Morgan fingerprint density at radius 3 is 2.18 bits per heavy atom. The molecule has 2 rings (SSSR count). The summed E-state index contributed by atoms with van der Waals surface area (Å²) in [4.78, 5) is 38.8. The highest BCUT2D eigenvalue weighted by molar-refractivity contribution is 5.81. The molecule has 6 nitrogen and oxygen atoms in total. The molecule has 0 radical (unpaired) electrons. The van der Waals surface area contributed by atoms with Crippen LogP contribution < -0.4 is 5.32 Å². The summed E-state index contributed by atoms with van der Waals surface area (Å²) >= 11 is 0. The van der Waals surface area contributed by atoms with Crippen LogP contribution in [0.15, 0.2) is 0 Å². The number of rotatable bonds is 5. The van der Waals surface area contributed by atoms with E-state index in [1.165, 1.54) is 0 Å². The Morgan fingerprint density at radius 2 is 1.64 bits per heavy atom. The summed E-state index contributed by atoms with van der Waals surface area (Å²) in [6, 6.07) is 0. The largest absolute Gasteiger partial charge is 0.356 e. The third-order valence-electron chi connectivity index (χ3n) is 4.77. The quantitative estimate of drug-likeness (QED) is 0.757. The fourth-order valence-electron chi connectivity index (χ4n) is 3.30. The fraction of sp³-hybridized carbons (Fsp3) is 0.812. The molecule has 1 aliphatic heterocycles. The van der Waals surface area contributed by atoms with E-state index in [-0.39, 0.29) is 23.7 Å². The molecule has 1 saturated carbocycles. The van der Waals surface area contributed by atoms with Crippen LogP contribution in [0.2, 0.25) is 0 Å². The molecule has 22 heavy (non-hydrogen) atoms. The average molecular weight is 309 g/mol. The van der Waals surface area contributed by atoms with E-state index in [0.29, 0.717) is 26.2 Å². The molecule has 0 aromatic rings. The van der Waals surface area contributed by atoms with Gasteiger partial charge in [-0.3, -0.25) is 14.4 Å². The Kier molecular flexibility index (Phi) is 6.21. The number of carbonyl (C=O) groups excluding carboxylic acids is 3. The van der Waals surface area contributed by atoms with Gasteiger partial charge in [-0.05, 0) is 32.1 Å². The van der Waals surface area contributed by atoms with Crippen molar-refractivity contribution in [2.75, 3.05) is 32.7 Å². The Bertz CT molecular complexity index is 397. The number of piperazine rings is 1. The van der Waals surface area contributed by atoms with Gasteiger partial charge in [-0.1, -0.05) is 6.92 Å². The molecular weight excluding hydrogens is 282 g/mol. The van der Waals surface area contributed by atoms with Gasteiger partial charge in [0, 0.05) is 44.6 Å². The first-order chi connectivity index (χ1) is 10.7. The van der Waals surface area contributed by atoms with Gasteiger partial charge < -0.3 is 15.1 Å². The van der Waals surface area contributed by atoms with Gasteiger partial charge in [-0.2, -0.15) is 0 Å². The minimum atomic E-state index is 0.0537. The lowest BCUT2D eigenvalue weighted by molar-refractivity contribution is -0.141. The summed E-state index contributed by atoms with van der Waals surface area (Å²) in [5.41, 5.74) is 0. The van der Waals surface area contributed by atoms with E-state index in [0.717, 1.165) is 45.1 Å². The lowest BCUT2D eigenvalue weighted by Crippen LogP contribution is -2.50. The number of nitrogens with zero attached hydrogens (tertiary/aromatic N) is 2. The molecule has 1 heterocycles. The first kappa shape index (κ1) is 16.8. The summed E-state index contributed by atoms with van der Waals surface area (Å²) in [7, 11) is 0. The maximum Gasteiger partial charge on any atom is 0.225 e. The molecule has 1 saturated heterocycles. The van der Waals surface area contributed by atoms with E-state index in [1.807, 2.05) is 11.8 Å². The third-order valence-corrected chi connectivity index (χ3v) is 4.77. The lowest BCUT2D eigenvalue weighted by Gasteiger charge is -2.36. The predicted molar refractivity (Wildman–Crippen MR) is 83.0 cm³/mol. The molecule has 0 spiro atoms. The number of hydrogen-bond donors (Lipinski definition) is 1. The van der Waals surface area contributed by atoms with Gasteiger partial charge in [0.25, 0.3) is 0 Å². The van der Waals surface area contributed by atoms with Crippen molar-refractivity contribution < 1.29 is 14.4 Å². The molecule has 2 fully saturated rings. The van der Waals surface area contributed by atoms with Gasteiger partial charge in [0.2, 0.25) is 18.2 Å². The van der Waals surface area contributed by atoms with Crippen LogP contribution in [0.5, 0.6) is 0 Å². The molecule has 1 aliphatic carbocycles. The zero-order valence-electron chi connectivity index (χ0n) is 13.4. The second-order valence-electron chi connectivity index (χ2n) is 6.31. The van der Waals surface area contributed by atoms with Gasteiger partial charge in [-0.25, -0.2) is 0 Å². The Morgan fingerprint density at radius 1 is 1.05 bits per heavy atom. The van der Waals surface area contributed by atoms with Crippen molar-refractivity contribution in [2.45, 2.75) is 39.0 Å². The first-order valence-electron chi connectivity index (χ1n) is 8.41. The normalized spacial score (nSPS) is 25.7. The SMILES string of the molecule is CCCNC(=O)C1CCC(C(=O)N2CCN(C=O)CC2)CC1. The molecule has 3 amide bonds. The maximum absolute atomic E-state index is 12.5. The van der Waals surface area contributed by atoms with E-state index in [1.54, 1.807) is 4.90 Å². The molecule has 0 atom stereocenters. The van der Waals surface area contributed by atoms with Crippen LogP contribution in [0.4, 0.5) is 0 Å². The fourth-order valence-corrected chi connectivity index (χ4v) is 3.30. The Labute approximate surface area is 132 Å². The van der Waals surface area contributed by atoms with Crippen LogP contribution in [0.25, 0.3) is 0 Å². The Balaban J connectivity index is 1.75. The number of carbonyl (C=O) groups is 3. The number of hydrogen-bond acceptors (Lipinski definition) is 3.